The highest BCUT2D eigenvalue weighted by molar-refractivity contribution is 9.10. The first kappa shape index (κ1) is 25.2. The van der Waals surface area contributed by atoms with Crippen LogP contribution in [0.1, 0.15) is 23.5 Å². The number of halogens is 1. The van der Waals surface area contributed by atoms with E-state index in [0.29, 0.717) is 22.2 Å². The fourth-order valence-electron chi connectivity index (χ4n) is 4.53. The molecule has 1 saturated heterocycles. The van der Waals surface area contributed by atoms with Crippen molar-refractivity contribution in [1.82, 2.24) is 14.9 Å². The summed E-state index contributed by atoms with van der Waals surface area (Å²) in [6, 6.07) is 22.7. The summed E-state index contributed by atoms with van der Waals surface area (Å²) in [6.45, 7) is 0. The van der Waals surface area contributed by atoms with E-state index >= 15 is 0 Å². The van der Waals surface area contributed by atoms with Crippen molar-refractivity contribution in [2.24, 2.45) is 0 Å². The van der Waals surface area contributed by atoms with E-state index in [0.717, 1.165) is 27.8 Å². The highest BCUT2D eigenvalue weighted by Gasteiger charge is 2.42. The molecule has 1 aliphatic rings. The number of aromatic nitrogens is 2. The van der Waals surface area contributed by atoms with E-state index in [1.807, 2.05) is 65.7 Å². The maximum Gasteiger partial charge on any atom is 0.229 e. The van der Waals surface area contributed by atoms with E-state index in [1.165, 1.54) is 7.11 Å². The minimum absolute atomic E-state index is 0.258. The SMILES string of the molecule is COc1ccc(N2C(=S)N[C@H](c3ccccn3)[C@H]2c2cccn2-c2ccc(Br)cc2)cc1NS(C)(=O)=O. The number of nitrogens with one attached hydrogen (secondary N) is 2. The van der Waals surface area contributed by atoms with Gasteiger partial charge in [-0.3, -0.25) is 9.71 Å². The molecule has 2 aromatic heterocycles. The summed E-state index contributed by atoms with van der Waals surface area (Å²) in [5, 5.41) is 3.95. The zero-order valence-electron chi connectivity index (χ0n) is 20.0. The van der Waals surface area contributed by atoms with Crippen molar-refractivity contribution in [2.75, 3.05) is 23.0 Å². The molecule has 0 saturated carbocycles. The van der Waals surface area contributed by atoms with Crippen LogP contribution in [0.15, 0.2) is 89.7 Å². The van der Waals surface area contributed by atoms with Crippen LogP contribution < -0.4 is 19.7 Å². The molecule has 11 heteroatoms. The topological polar surface area (TPSA) is 88.5 Å². The van der Waals surface area contributed by atoms with Crippen molar-refractivity contribution >= 4 is 54.7 Å². The Hall–Kier alpha value is -3.41. The molecule has 2 atom stereocenters. The Balaban J connectivity index is 1.66. The fourth-order valence-corrected chi connectivity index (χ4v) is 5.70. The Labute approximate surface area is 229 Å². The molecule has 190 valence electrons. The van der Waals surface area contributed by atoms with Gasteiger partial charge in [-0.15, -0.1) is 0 Å². The van der Waals surface area contributed by atoms with Gasteiger partial charge in [0.15, 0.2) is 5.11 Å². The molecule has 37 heavy (non-hydrogen) atoms. The average molecular weight is 599 g/mol. The lowest BCUT2D eigenvalue weighted by atomic mass is 10.0. The zero-order chi connectivity index (χ0) is 26.2. The molecular weight excluding hydrogens is 574 g/mol. The second-order valence-corrected chi connectivity index (χ2v) is 11.6. The lowest BCUT2D eigenvalue weighted by Gasteiger charge is -2.29. The molecule has 0 unspecified atom stereocenters. The number of ether oxygens (including phenoxy) is 1. The van der Waals surface area contributed by atoms with Crippen molar-refractivity contribution in [2.45, 2.75) is 12.1 Å². The Morgan fingerprint density at radius 1 is 1.05 bits per heavy atom. The van der Waals surface area contributed by atoms with Crippen LogP contribution in [-0.2, 0) is 10.0 Å². The quantitative estimate of drug-likeness (QED) is 0.283. The summed E-state index contributed by atoms with van der Waals surface area (Å²) >= 11 is 9.35. The van der Waals surface area contributed by atoms with Gasteiger partial charge in [0, 0.05) is 33.9 Å². The highest BCUT2D eigenvalue weighted by Crippen LogP contribution is 2.44. The van der Waals surface area contributed by atoms with Gasteiger partial charge in [0.05, 0.1) is 30.8 Å². The van der Waals surface area contributed by atoms with E-state index in [9.17, 15) is 8.42 Å². The Bertz CT molecular complexity index is 1540. The van der Waals surface area contributed by atoms with Crippen molar-refractivity contribution in [3.63, 3.8) is 0 Å². The molecule has 0 aliphatic carbocycles. The van der Waals surface area contributed by atoms with Gasteiger partial charge < -0.3 is 19.5 Å². The summed E-state index contributed by atoms with van der Waals surface area (Å²) in [5.41, 5.74) is 3.85. The first-order valence-electron chi connectivity index (χ1n) is 11.3. The van der Waals surface area contributed by atoms with Crippen LogP contribution in [0, 0.1) is 0 Å². The number of nitrogens with zero attached hydrogens (tertiary/aromatic N) is 3. The number of anilines is 2. The normalized spacial score (nSPS) is 17.5. The van der Waals surface area contributed by atoms with Crippen LogP contribution >= 0.6 is 28.1 Å². The molecule has 1 fully saturated rings. The van der Waals surface area contributed by atoms with E-state index in [1.54, 1.807) is 18.3 Å². The van der Waals surface area contributed by atoms with E-state index in [4.69, 9.17) is 17.0 Å². The predicted octanol–water partition coefficient (Wildman–Crippen LogP) is 5.19. The average Bonchev–Trinajstić information content (AvgIpc) is 3.48. The van der Waals surface area contributed by atoms with Gasteiger partial charge in [0.25, 0.3) is 0 Å². The Kier molecular flexibility index (Phi) is 6.93. The lowest BCUT2D eigenvalue weighted by molar-refractivity contribution is 0.417. The van der Waals surface area contributed by atoms with Crippen molar-refractivity contribution < 1.29 is 13.2 Å². The van der Waals surface area contributed by atoms with Crippen molar-refractivity contribution in [3.05, 3.63) is 101 Å². The van der Waals surface area contributed by atoms with Gasteiger partial charge in [-0.1, -0.05) is 22.0 Å². The molecule has 0 bridgehead atoms. The number of hydrogen-bond donors (Lipinski definition) is 2. The van der Waals surface area contributed by atoms with Gasteiger partial charge in [-0.2, -0.15) is 0 Å². The summed E-state index contributed by atoms with van der Waals surface area (Å²) < 4.78 is 35.2. The first-order chi connectivity index (χ1) is 17.7. The van der Waals surface area contributed by atoms with Crippen molar-refractivity contribution in [1.29, 1.82) is 0 Å². The molecule has 0 spiro atoms. The van der Waals surface area contributed by atoms with Gasteiger partial charge in [0.1, 0.15) is 11.8 Å². The second kappa shape index (κ2) is 10.2. The third-order valence-corrected chi connectivity index (χ3v) is 7.48. The predicted molar refractivity (Wildman–Crippen MR) is 153 cm³/mol. The molecule has 1 aliphatic heterocycles. The molecule has 2 N–H and O–H groups in total. The molecule has 3 heterocycles. The number of hydrogen-bond acceptors (Lipinski definition) is 5. The monoisotopic (exact) mass is 597 g/mol. The number of methoxy groups -OCH3 is 1. The fraction of sp³-hybridized carbons (Fsp3) is 0.154. The summed E-state index contributed by atoms with van der Waals surface area (Å²) in [5.74, 6) is 0.406. The maximum absolute atomic E-state index is 12.0. The number of thiocarbonyl (C=S) groups is 1. The standard InChI is InChI=1S/C26H24BrN5O3S2/c1-35-23-13-12-19(16-21(23)30-37(2,33)34)32-25(24(29-26(32)36)20-6-3-4-14-28-20)22-7-5-15-31(22)18-10-8-17(27)9-11-18/h3-16,24-25,30H,1-2H3,(H,29,36)/t24-,25-/m1/s1. The molecule has 8 nitrogen and oxygen atoms in total. The van der Waals surface area contributed by atoms with Crippen LogP contribution in [0.3, 0.4) is 0 Å². The minimum Gasteiger partial charge on any atom is -0.495 e. The van der Waals surface area contributed by atoms with Gasteiger partial charge in [0.2, 0.25) is 10.0 Å². The minimum atomic E-state index is -3.54. The number of benzene rings is 2. The van der Waals surface area contributed by atoms with Crippen LogP contribution in [0.25, 0.3) is 5.69 Å². The van der Waals surface area contributed by atoms with Gasteiger partial charge >= 0.3 is 0 Å². The van der Waals surface area contributed by atoms with Crippen LogP contribution in [-0.4, -0.2) is 36.4 Å². The van der Waals surface area contributed by atoms with Crippen molar-refractivity contribution in [3.8, 4) is 11.4 Å². The molecule has 0 amide bonds. The van der Waals surface area contributed by atoms with Crippen LogP contribution in [0.4, 0.5) is 11.4 Å². The molecule has 4 aromatic rings. The Morgan fingerprint density at radius 3 is 2.49 bits per heavy atom. The van der Waals surface area contributed by atoms with E-state index in [-0.39, 0.29) is 12.1 Å². The lowest BCUT2D eigenvalue weighted by Crippen LogP contribution is -2.30. The summed E-state index contributed by atoms with van der Waals surface area (Å²) in [4.78, 5) is 6.61. The number of rotatable bonds is 7. The summed E-state index contributed by atoms with van der Waals surface area (Å²) in [6.07, 6.45) is 4.87. The second-order valence-electron chi connectivity index (χ2n) is 8.53. The zero-order valence-corrected chi connectivity index (χ0v) is 23.2. The molecular formula is C26H24BrN5O3S2. The first-order valence-corrected chi connectivity index (χ1v) is 14.4. The maximum atomic E-state index is 12.0. The van der Waals surface area contributed by atoms with Crippen LogP contribution in [0.2, 0.25) is 0 Å². The number of sulfonamides is 1. The smallest absolute Gasteiger partial charge is 0.229 e. The van der Waals surface area contributed by atoms with E-state index in [2.05, 4.69) is 41.6 Å². The van der Waals surface area contributed by atoms with Crippen LogP contribution in [0.5, 0.6) is 5.75 Å². The van der Waals surface area contributed by atoms with E-state index < -0.39 is 10.0 Å². The molecule has 0 radical (unpaired) electrons. The third-order valence-electron chi connectivity index (χ3n) is 6.04. The van der Waals surface area contributed by atoms with Gasteiger partial charge in [-0.05, 0) is 78.9 Å². The number of pyridine rings is 1. The third kappa shape index (κ3) is 5.20. The van der Waals surface area contributed by atoms with Gasteiger partial charge in [-0.25, -0.2) is 8.42 Å². The molecule has 2 aromatic carbocycles. The largest absolute Gasteiger partial charge is 0.495 e. The summed E-state index contributed by atoms with van der Waals surface area (Å²) in [7, 11) is -2.04. The molecule has 5 rings (SSSR count). The highest BCUT2D eigenvalue weighted by atomic mass is 79.9. The Morgan fingerprint density at radius 2 is 1.81 bits per heavy atom.